The second-order valence-corrected chi connectivity index (χ2v) is 10.0. The number of ether oxygens (including phenoxy) is 2. The minimum atomic E-state index is -0.220. The molecule has 0 aromatic heterocycles. The summed E-state index contributed by atoms with van der Waals surface area (Å²) in [5, 5.41) is 0. The Morgan fingerprint density at radius 1 is 1.00 bits per heavy atom. The second-order valence-electron chi connectivity index (χ2n) is 10.0. The summed E-state index contributed by atoms with van der Waals surface area (Å²) in [7, 11) is 0. The SMILES string of the molecule is Cc1cc(OCC(=O)N2C[C@@H](C)N(Cc3ccc(F)cc3)C[C@@H]2C)c(C)cc1CN1CCOCC1. The number of aryl methyl sites for hydroxylation is 2. The maximum atomic E-state index is 13.2. The van der Waals surface area contributed by atoms with Crippen LogP contribution in [0, 0.1) is 19.7 Å². The van der Waals surface area contributed by atoms with Gasteiger partial charge in [-0.15, -0.1) is 0 Å². The molecule has 7 heteroatoms. The number of carbonyl (C=O) groups is 1. The van der Waals surface area contributed by atoms with E-state index in [9.17, 15) is 9.18 Å². The molecule has 0 unspecified atom stereocenters. The molecule has 0 aliphatic carbocycles. The minimum absolute atomic E-state index is 0.0141. The zero-order chi connectivity index (χ0) is 24.9. The predicted molar refractivity (Wildman–Crippen MR) is 135 cm³/mol. The van der Waals surface area contributed by atoms with E-state index >= 15 is 0 Å². The maximum absolute atomic E-state index is 13.2. The lowest BCUT2D eigenvalue weighted by Crippen LogP contribution is -2.58. The van der Waals surface area contributed by atoms with Crippen LogP contribution in [-0.4, -0.2) is 78.7 Å². The van der Waals surface area contributed by atoms with E-state index in [-0.39, 0.29) is 30.4 Å². The first-order chi connectivity index (χ1) is 16.8. The molecule has 35 heavy (non-hydrogen) atoms. The quantitative estimate of drug-likeness (QED) is 0.600. The molecule has 2 heterocycles. The normalized spacial score (nSPS) is 21.8. The molecule has 0 radical (unpaired) electrons. The fourth-order valence-electron chi connectivity index (χ4n) is 4.99. The van der Waals surface area contributed by atoms with Crippen LogP contribution < -0.4 is 4.74 Å². The van der Waals surface area contributed by atoms with Gasteiger partial charge in [0.1, 0.15) is 11.6 Å². The number of morpholine rings is 1. The molecule has 0 saturated carbocycles. The summed E-state index contributed by atoms with van der Waals surface area (Å²) in [6.45, 7) is 15.0. The number of carbonyl (C=O) groups excluding carboxylic acids is 1. The fraction of sp³-hybridized carbons (Fsp3) is 0.536. The van der Waals surface area contributed by atoms with Gasteiger partial charge in [0.25, 0.3) is 5.91 Å². The lowest BCUT2D eigenvalue weighted by Gasteiger charge is -2.44. The standard InChI is InChI=1S/C28H38FN3O3/c1-20-14-27(21(2)13-25(20)18-30-9-11-34-12-10-30)35-19-28(33)32-16-22(3)31(15-23(32)4)17-24-5-7-26(29)8-6-24/h5-8,13-14,22-23H,9-12,15-19H2,1-4H3/t22-,23+/m1/s1. The average Bonchev–Trinajstić information content (AvgIpc) is 2.84. The molecule has 0 bridgehead atoms. The van der Waals surface area contributed by atoms with Crippen molar-refractivity contribution in [2.45, 2.75) is 52.9 Å². The molecule has 2 aliphatic rings. The molecule has 0 N–H and O–H groups in total. The largest absolute Gasteiger partial charge is 0.483 e. The Labute approximate surface area is 208 Å². The number of rotatable bonds is 7. The zero-order valence-electron chi connectivity index (χ0n) is 21.4. The minimum Gasteiger partial charge on any atom is -0.483 e. The van der Waals surface area contributed by atoms with E-state index in [2.05, 4.69) is 42.7 Å². The Balaban J connectivity index is 1.31. The van der Waals surface area contributed by atoms with Gasteiger partial charge >= 0.3 is 0 Å². The molecule has 2 atom stereocenters. The van der Waals surface area contributed by atoms with Crippen LogP contribution in [0.25, 0.3) is 0 Å². The highest BCUT2D eigenvalue weighted by Gasteiger charge is 2.32. The molecular formula is C28H38FN3O3. The Kier molecular flexibility index (Phi) is 8.42. The number of halogens is 1. The van der Waals surface area contributed by atoms with Crippen LogP contribution in [0.2, 0.25) is 0 Å². The Hall–Kier alpha value is -2.48. The molecular weight excluding hydrogens is 445 g/mol. The first-order valence-electron chi connectivity index (χ1n) is 12.6. The monoisotopic (exact) mass is 483 g/mol. The summed E-state index contributed by atoms with van der Waals surface area (Å²) < 4.78 is 24.7. The molecule has 1 amide bonds. The summed E-state index contributed by atoms with van der Waals surface area (Å²) in [4.78, 5) is 19.8. The Morgan fingerprint density at radius 3 is 2.43 bits per heavy atom. The lowest BCUT2D eigenvalue weighted by atomic mass is 10.0. The van der Waals surface area contributed by atoms with Gasteiger partial charge in [0.05, 0.1) is 13.2 Å². The van der Waals surface area contributed by atoms with Gasteiger partial charge in [-0.05, 0) is 68.1 Å². The highest BCUT2D eigenvalue weighted by Crippen LogP contribution is 2.25. The van der Waals surface area contributed by atoms with Crippen molar-refractivity contribution >= 4 is 5.91 Å². The number of hydrogen-bond donors (Lipinski definition) is 0. The molecule has 4 rings (SSSR count). The predicted octanol–water partition coefficient (Wildman–Crippen LogP) is 3.77. The lowest BCUT2D eigenvalue weighted by molar-refractivity contribution is -0.139. The fourth-order valence-corrected chi connectivity index (χ4v) is 4.99. The molecule has 190 valence electrons. The second kappa shape index (κ2) is 11.5. The third-order valence-corrected chi connectivity index (χ3v) is 7.22. The van der Waals surface area contributed by atoms with Gasteiger partial charge in [0.2, 0.25) is 0 Å². The summed E-state index contributed by atoms with van der Waals surface area (Å²) in [5.74, 6) is 0.570. The first-order valence-corrected chi connectivity index (χ1v) is 12.6. The Morgan fingerprint density at radius 2 is 1.71 bits per heavy atom. The van der Waals surface area contributed by atoms with Crippen molar-refractivity contribution in [3.63, 3.8) is 0 Å². The van der Waals surface area contributed by atoms with Gasteiger partial charge < -0.3 is 14.4 Å². The number of amides is 1. The highest BCUT2D eigenvalue weighted by molar-refractivity contribution is 5.78. The number of benzene rings is 2. The highest BCUT2D eigenvalue weighted by atomic mass is 19.1. The summed E-state index contributed by atoms with van der Waals surface area (Å²) in [6, 6.07) is 11.2. The van der Waals surface area contributed by atoms with Crippen LogP contribution >= 0.6 is 0 Å². The third-order valence-electron chi connectivity index (χ3n) is 7.22. The number of piperazine rings is 1. The van der Waals surface area contributed by atoms with Crippen molar-refractivity contribution in [3.8, 4) is 5.75 Å². The zero-order valence-corrected chi connectivity index (χ0v) is 21.4. The van der Waals surface area contributed by atoms with Crippen LogP contribution in [0.15, 0.2) is 36.4 Å². The van der Waals surface area contributed by atoms with Crippen molar-refractivity contribution in [3.05, 3.63) is 64.5 Å². The molecule has 6 nitrogen and oxygen atoms in total. The molecule has 0 spiro atoms. The van der Waals surface area contributed by atoms with Gasteiger partial charge in [-0.3, -0.25) is 14.6 Å². The average molecular weight is 484 g/mol. The molecule has 2 aliphatic heterocycles. The molecule has 2 aromatic carbocycles. The van der Waals surface area contributed by atoms with E-state index in [1.807, 2.05) is 24.0 Å². The van der Waals surface area contributed by atoms with E-state index in [1.54, 1.807) is 0 Å². The molecule has 2 saturated heterocycles. The topological polar surface area (TPSA) is 45.2 Å². The van der Waals surface area contributed by atoms with Gasteiger partial charge in [-0.2, -0.15) is 0 Å². The molecule has 2 aromatic rings. The van der Waals surface area contributed by atoms with Crippen molar-refractivity contribution in [1.82, 2.24) is 14.7 Å². The third kappa shape index (κ3) is 6.60. The number of hydrogen-bond acceptors (Lipinski definition) is 5. The smallest absolute Gasteiger partial charge is 0.260 e. The van der Waals surface area contributed by atoms with Gasteiger partial charge in [-0.1, -0.05) is 18.2 Å². The van der Waals surface area contributed by atoms with Gasteiger partial charge in [-0.25, -0.2) is 4.39 Å². The van der Waals surface area contributed by atoms with E-state index < -0.39 is 0 Å². The van der Waals surface area contributed by atoms with Gasteiger partial charge in [0.15, 0.2) is 6.61 Å². The summed E-state index contributed by atoms with van der Waals surface area (Å²) >= 11 is 0. The van der Waals surface area contributed by atoms with Crippen LogP contribution in [0.4, 0.5) is 4.39 Å². The van der Waals surface area contributed by atoms with Crippen molar-refractivity contribution in [1.29, 1.82) is 0 Å². The van der Waals surface area contributed by atoms with Crippen LogP contribution in [0.1, 0.15) is 36.1 Å². The molecule has 2 fully saturated rings. The van der Waals surface area contributed by atoms with Crippen LogP contribution in [0.3, 0.4) is 0 Å². The Bertz CT molecular complexity index is 1010. The van der Waals surface area contributed by atoms with Crippen LogP contribution in [-0.2, 0) is 22.6 Å². The van der Waals surface area contributed by atoms with Crippen molar-refractivity contribution in [2.24, 2.45) is 0 Å². The van der Waals surface area contributed by atoms with Crippen LogP contribution in [0.5, 0.6) is 5.75 Å². The van der Waals surface area contributed by atoms with Crippen molar-refractivity contribution < 1.29 is 18.7 Å². The maximum Gasteiger partial charge on any atom is 0.260 e. The van der Waals surface area contributed by atoms with Gasteiger partial charge in [0, 0.05) is 51.4 Å². The van der Waals surface area contributed by atoms with E-state index in [0.29, 0.717) is 6.54 Å². The van der Waals surface area contributed by atoms with E-state index in [0.717, 1.165) is 62.8 Å². The van der Waals surface area contributed by atoms with E-state index in [1.165, 1.54) is 23.3 Å². The number of nitrogens with zero attached hydrogens (tertiary/aromatic N) is 3. The van der Waals surface area contributed by atoms with E-state index in [4.69, 9.17) is 9.47 Å². The van der Waals surface area contributed by atoms with Crippen molar-refractivity contribution in [2.75, 3.05) is 46.0 Å². The first kappa shape index (κ1) is 25.6. The summed E-state index contributed by atoms with van der Waals surface area (Å²) in [5.41, 5.74) is 4.61. The summed E-state index contributed by atoms with van der Waals surface area (Å²) in [6.07, 6.45) is 0.